The molecule has 0 unspecified atom stereocenters. The zero-order valence-electron chi connectivity index (χ0n) is 49.4. The van der Waals surface area contributed by atoms with E-state index in [1.54, 1.807) is 0 Å². The van der Waals surface area contributed by atoms with Crippen LogP contribution in [0.25, 0.3) is 77.2 Å². The Morgan fingerprint density at radius 3 is 0.967 bits per heavy atom. The van der Waals surface area contributed by atoms with Crippen molar-refractivity contribution in [3.63, 3.8) is 0 Å². The highest BCUT2D eigenvalue weighted by Gasteiger charge is 2.30. The molecule has 0 radical (unpaired) electrons. The Bertz CT molecular complexity index is 4830. The zero-order chi connectivity index (χ0) is 59.7. The fraction of sp³-hybridized carbons (Fsp3) is 0. The van der Waals surface area contributed by atoms with Crippen LogP contribution in [0.2, 0.25) is 0 Å². The number of hydrogen-bond donors (Lipinski definition) is 0. The van der Waals surface area contributed by atoms with Crippen molar-refractivity contribution < 1.29 is 0 Å². The lowest BCUT2D eigenvalue weighted by Crippen LogP contribution is -2.16. The Labute approximate surface area is 526 Å². The van der Waals surface area contributed by atoms with Crippen LogP contribution in [-0.4, -0.2) is 0 Å². The van der Waals surface area contributed by atoms with E-state index < -0.39 is 0 Å². The van der Waals surface area contributed by atoms with Crippen molar-refractivity contribution in [2.24, 2.45) is 0 Å². The van der Waals surface area contributed by atoms with E-state index in [9.17, 15) is 0 Å². The van der Waals surface area contributed by atoms with Gasteiger partial charge in [0.25, 0.3) is 0 Å². The SMILES string of the molecule is c1ccc(-c2ccc(N(c3ccc(-c4ccccc4)cc3)c3ccc(-c4ccc(N5c6c(ccc7cc(N(c8ccccc8)c8ccccc8)ccc67)-c6ccc(-c7ccc(N(c8ccccc8)c8ccccc8)cc7)c7cccc5c67)cc4)cc3)cc2)cc1. The number of anilines is 12. The zero-order valence-corrected chi connectivity index (χ0v) is 49.4. The molecule has 15 aromatic carbocycles. The van der Waals surface area contributed by atoms with Gasteiger partial charge in [-0.15, -0.1) is 0 Å². The third-order valence-corrected chi connectivity index (χ3v) is 17.6. The Balaban J connectivity index is 0.790. The van der Waals surface area contributed by atoms with Crippen LogP contribution in [0, 0.1) is 0 Å². The smallest absolute Gasteiger partial charge is 0.0618 e. The molecular formula is C86H60N4. The lowest BCUT2D eigenvalue weighted by molar-refractivity contribution is 1.28. The highest BCUT2D eigenvalue weighted by molar-refractivity contribution is 6.21. The van der Waals surface area contributed by atoms with Crippen LogP contribution in [0.3, 0.4) is 0 Å². The fourth-order valence-corrected chi connectivity index (χ4v) is 13.2. The number of benzene rings is 15. The summed E-state index contributed by atoms with van der Waals surface area (Å²) in [5.74, 6) is 0. The number of nitrogens with zero attached hydrogens (tertiary/aromatic N) is 4. The molecule has 4 heteroatoms. The molecule has 1 aliphatic heterocycles. The summed E-state index contributed by atoms with van der Waals surface area (Å²) in [6.07, 6.45) is 0. The van der Waals surface area contributed by atoms with Crippen molar-refractivity contribution in [3.05, 3.63) is 364 Å². The largest absolute Gasteiger partial charge is 0.311 e. The predicted octanol–water partition coefficient (Wildman–Crippen LogP) is 24.5. The van der Waals surface area contributed by atoms with Crippen LogP contribution in [0.4, 0.5) is 68.2 Å². The molecule has 0 atom stereocenters. The molecule has 1 heterocycles. The van der Waals surface area contributed by atoms with Gasteiger partial charge in [-0.05, 0) is 188 Å². The van der Waals surface area contributed by atoms with Crippen molar-refractivity contribution in [1.29, 1.82) is 0 Å². The average molecular weight is 1150 g/mol. The summed E-state index contributed by atoms with van der Waals surface area (Å²) in [6.45, 7) is 0. The van der Waals surface area contributed by atoms with Gasteiger partial charge in [0.15, 0.2) is 0 Å². The fourth-order valence-electron chi connectivity index (χ4n) is 13.2. The quantitative estimate of drug-likeness (QED) is 0.108. The standard InChI is InChI=1S/C86H60N4/c1-7-20-61(21-8-1)63-34-45-73(46-35-63)88(74-47-36-64(37-48-74)62-22-9-2-10-23-62)75-49-38-65(39-50-75)66-40-51-77(52-41-66)90-84-33-19-32-81-79(67-42-53-76(54-43-67)87(69-24-11-3-12-25-69)70-26-13-4-14-27-70)58-59-82(85(81)84)83-56-44-68-60-78(55-57-80(68)86(83)90)89(71-28-15-5-16-29-71)72-30-17-6-18-31-72/h1-60H. The lowest BCUT2D eigenvalue weighted by Gasteiger charge is -2.35. The number of hydrogen-bond acceptors (Lipinski definition) is 4. The Hall–Kier alpha value is -12.0. The van der Waals surface area contributed by atoms with Crippen molar-refractivity contribution in [3.8, 4) is 55.6 Å². The molecule has 0 spiro atoms. The summed E-state index contributed by atoms with van der Waals surface area (Å²) in [4.78, 5) is 9.53. The number of fused-ring (bicyclic) bond motifs is 4. The van der Waals surface area contributed by atoms with Crippen molar-refractivity contribution in [2.45, 2.75) is 0 Å². The molecule has 0 amide bonds. The summed E-state index contributed by atoms with van der Waals surface area (Å²) >= 11 is 0. The van der Waals surface area contributed by atoms with Crippen LogP contribution in [-0.2, 0) is 0 Å². The molecule has 424 valence electrons. The van der Waals surface area contributed by atoms with Gasteiger partial charge in [0, 0.05) is 73.2 Å². The highest BCUT2D eigenvalue weighted by atomic mass is 15.2. The van der Waals surface area contributed by atoms with Gasteiger partial charge in [-0.1, -0.05) is 237 Å². The van der Waals surface area contributed by atoms with E-state index in [0.717, 1.165) is 90.3 Å². The van der Waals surface area contributed by atoms with E-state index in [4.69, 9.17) is 0 Å². The summed E-state index contributed by atoms with van der Waals surface area (Å²) in [5.41, 5.74) is 25.1. The summed E-state index contributed by atoms with van der Waals surface area (Å²) in [6, 6.07) is 132. The minimum atomic E-state index is 1.08. The second-order valence-electron chi connectivity index (χ2n) is 22.9. The maximum Gasteiger partial charge on any atom is 0.0618 e. The van der Waals surface area contributed by atoms with Crippen LogP contribution >= 0.6 is 0 Å². The molecule has 0 saturated carbocycles. The van der Waals surface area contributed by atoms with E-state index in [0.29, 0.717) is 0 Å². The van der Waals surface area contributed by atoms with Crippen LogP contribution in [0.5, 0.6) is 0 Å². The van der Waals surface area contributed by atoms with Crippen molar-refractivity contribution >= 4 is 89.8 Å². The summed E-state index contributed by atoms with van der Waals surface area (Å²) in [7, 11) is 0. The molecular weight excluding hydrogens is 1090 g/mol. The molecule has 0 saturated heterocycles. The first-order valence-electron chi connectivity index (χ1n) is 30.8. The maximum atomic E-state index is 2.51. The van der Waals surface area contributed by atoms with Gasteiger partial charge in [-0.2, -0.15) is 0 Å². The van der Waals surface area contributed by atoms with Gasteiger partial charge >= 0.3 is 0 Å². The first-order chi connectivity index (χ1) is 44.6. The van der Waals surface area contributed by atoms with Gasteiger partial charge in [0.2, 0.25) is 0 Å². The second kappa shape index (κ2) is 23.4. The monoisotopic (exact) mass is 1150 g/mol. The third kappa shape index (κ3) is 9.98. The topological polar surface area (TPSA) is 13.0 Å². The molecule has 15 aromatic rings. The van der Waals surface area contributed by atoms with Crippen LogP contribution in [0.15, 0.2) is 364 Å². The molecule has 0 aromatic heterocycles. The first-order valence-corrected chi connectivity index (χ1v) is 30.8. The molecule has 0 N–H and O–H groups in total. The Morgan fingerprint density at radius 1 is 0.200 bits per heavy atom. The molecule has 0 aliphatic carbocycles. The molecule has 4 nitrogen and oxygen atoms in total. The van der Waals surface area contributed by atoms with Gasteiger partial charge in [0.1, 0.15) is 0 Å². The van der Waals surface area contributed by atoms with E-state index in [2.05, 4.69) is 384 Å². The van der Waals surface area contributed by atoms with E-state index >= 15 is 0 Å². The van der Waals surface area contributed by atoms with Crippen molar-refractivity contribution in [1.82, 2.24) is 0 Å². The summed E-state index contributed by atoms with van der Waals surface area (Å²) < 4.78 is 0. The van der Waals surface area contributed by atoms with E-state index in [1.807, 2.05) is 0 Å². The summed E-state index contributed by atoms with van der Waals surface area (Å²) in [5, 5.41) is 4.77. The first kappa shape index (κ1) is 53.5. The molecule has 0 bridgehead atoms. The Morgan fingerprint density at radius 2 is 0.533 bits per heavy atom. The van der Waals surface area contributed by atoms with E-state index in [-0.39, 0.29) is 0 Å². The lowest BCUT2D eigenvalue weighted by atomic mass is 9.85. The van der Waals surface area contributed by atoms with Crippen molar-refractivity contribution in [2.75, 3.05) is 19.6 Å². The highest BCUT2D eigenvalue weighted by Crippen LogP contribution is 2.55. The average Bonchev–Trinajstić information content (AvgIpc) is 0.739. The van der Waals surface area contributed by atoms with E-state index in [1.165, 1.54) is 55.1 Å². The van der Waals surface area contributed by atoms with Gasteiger partial charge in [-0.25, -0.2) is 0 Å². The second-order valence-corrected chi connectivity index (χ2v) is 22.9. The molecule has 16 rings (SSSR count). The molecule has 90 heavy (non-hydrogen) atoms. The third-order valence-electron chi connectivity index (χ3n) is 17.6. The molecule has 1 aliphatic rings. The minimum absolute atomic E-state index is 1.08. The number of rotatable bonds is 14. The molecule has 0 fully saturated rings. The van der Waals surface area contributed by atoms with Crippen LogP contribution < -0.4 is 19.6 Å². The number of para-hydroxylation sites is 4. The Kier molecular flexibility index (Phi) is 13.9. The van der Waals surface area contributed by atoms with Gasteiger partial charge in [0.05, 0.1) is 11.4 Å². The van der Waals surface area contributed by atoms with Crippen LogP contribution in [0.1, 0.15) is 0 Å². The van der Waals surface area contributed by atoms with Gasteiger partial charge in [-0.3, -0.25) is 0 Å². The minimum Gasteiger partial charge on any atom is -0.311 e. The maximum absolute atomic E-state index is 2.51. The van der Waals surface area contributed by atoms with Gasteiger partial charge < -0.3 is 19.6 Å². The normalized spacial score (nSPS) is 11.5. The predicted molar refractivity (Wildman–Crippen MR) is 381 cm³/mol.